The van der Waals surface area contributed by atoms with E-state index in [1.807, 2.05) is 41.5 Å². The zero-order chi connectivity index (χ0) is 15.3. The number of nitrogens with two attached hydrogens (primary N) is 1. The maximum Gasteiger partial charge on any atom is 0.223 e. The van der Waals surface area contributed by atoms with Crippen molar-refractivity contribution in [3.8, 4) is 0 Å². The normalized spacial score (nSPS) is 14.3. The van der Waals surface area contributed by atoms with Gasteiger partial charge in [0.15, 0.2) is 0 Å². The largest absolute Gasteiger partial charge is 0.373 e. The molecule has 5 heteroatoms. The number of hydrogen-bond acceptors (Lipinski definition) is 4. The van der Waals surface area contributed by atoms with Crippen LogP contribution in [-0.4, -0.2) is 36.0 Å². The number of aldehydes is 1. The lowest BCUT2D eigenvalue weighted by Crippen LogP contribution is -2.45. The Hall–Kier alpha value is -0.940. The van der Waals surface area contributed by atoms with Crippen LogP contribution < -0.4 is 11.1 Å². The Bertz CT molecular complexity index is 306. The van der Waals surface area contributed by atoms with Gasteiger partial charge in [0.25, 0.3) is 0 Å². The number of nitrogens with one attached hydrogen (secondary N) is 1. The van der Waals surface area contributed by atoms with Gasteiger partial charge in [-0.3, -0.25) is 4.79 Å². The minimum absolute atomic E-state index is 0.0773. The fraction of sp³-hybridized carbons (Fsp3) is 0.857. The predicted octanol–water partition coefficient (Wildman–Crippen LogP) is 1.25. The van der Waals surface area contributed by atoms with E-state index in [0.29, 0.717) is 6.61 Å². The molecule has 0 bridgehead atoms. The van der Waals surface area contributed by atoms with Crippen LogP contribution in [0.2, 0.25) is 0 Å². The Morgan fingerprint density at radius 1 is 1.32 bits per heavy atom. The highest BCUT2D eigenvalue weighted by Crippen LogP contribution is 2.16. The van der Waals surface area contributed by atoms with Crippen molar-refractivity contribution in [3.05, 3.63) is 0 Å². The summed E-state index contributed by atoms with van der Waals surface area (Å²) in [5.41, 5.74) is 4.80. The van der Waals surface area contributed by atoms with Gasteiger partial charge in [-0.25, -0.2) is 0 Å². The van der Waals surface area contributed by atoms with Crippen LogP contribution in [0.4, 0.5) is 0 Å². The summed E-state index contributed by atoms with van der Waals surface area (Å²) in [6.45, 7) is 11.5. The molecule has 112 valence electrons. The molecule has 0 fully saturated rings. The van der Waals surface area contributed by atoms with Gasteiger partial charge in [0.2, 0.25) is 5.91 Å². The van der Waals surface area contributed by atoms with E-state index < -0.39 is 17.2 Å². The number of ether oxygens (including phenoxy) is 1. The molecule has 1 atom stereocenters. The molecule has 3 N–H and O–H groups in total. The highest BCUT2D eigenvalue weighted by atomic mass is 16.5. The van der Waals surface area contributed by atoms with Crippen molar-refractivity contribution in [3.63, 3.8) is 0 Å². The Morgan fingerprint density at radius 3 is 2.21 bits per heavy atom. The van der Waals surface area contributed by atoms with E-state index in [1.165, 1.54) is 0 Å². The molecule has 0 rings (SSSR count). The Kier molecular flexibility index (Phi) is 6.66. The van der Waals surface area contributed by atoms with Gasteiger partial charge in [0, 0.05) is 5.54 Å². The molecule has 0 heterocycles. The van der Waals surface area contributed by atoms with Crippen LogP contribution in [0.25, 0.3) is 0 Å². The summed E-state index contributed by atoms with van der Waals surface area (Å²) >= 11 is 0. The SMILES string of the molecule is CC(C)C(C=O)NC(=O)CC(C)(C)OCC(C)(C)N. The maximum atomic E-state index is 11.9. The zero-order valence-corrected chi connectivity index (χ0v) is 12.9. The lowest BCUT2D eigenvalue weighted by atomic mass is 10.0. The van der Waals surface area contributed by atoms with Gasteiger partial charge in [-0.2, -0.15) is 0 Å². The van der Waals surface area contributed by atoms with Crippen LogP contribution in [0.1, 0.15) is 48.0 Å². The molecule has 0 aromatic carbocycles. The molecule has 0 radical (unpaired) electrons. The number of amides is 1. The van der Waals surface area contributed by atoms with Gasteiger partial charge in [-0.1, -0.05) is 13.8 Å². The Labute approximate surface area is 116 Å². The van der Waals surface area contributed by atoms with Crippen molar-refractivity contribution in [2.24, 2.45) is 11.7 Å². The maximum absolute atomic E-state index is 11.9. The molecule has 19 heavy (non-hydrogen) atoms. The summed E-state index contributed by atoms with van der Waals surface area (Å²) in [6, 6.07) is -0.450. The van der Waals surface area contributed by atoms with Crippen LogP contribution in [0.5, 0.6) is 0 Å². The molecule has 0 aliphatic heterocycles. The molecular formula is C14H28N2O3. The quantitative estimate of drug-likeness (QED) is 0.652. The van der Waals surface area contributed by atoms with Crippen LogP contribution in [0.3, 0.4) is 0 Å². The van der Waals surface area contributed by atoms with Gasteiger partial charge in [0.1, 0.15) is 6.29 Å². The first-order valence-corrected chi connectivity index (χ1v) is 6.64. The lowest BCUT2D eigenvalue weighted by Gasteiger charge is -2.30. The number of hydrogen-bond donors (Lipinski definition) is 2. The van der Waals surface area contributed by atoms with E-state index >= 15 is 0 Å². The summed E-state index contributed by atoms with van der Waals surface area (Å²) < 4.78 is 5.67. The first kappa shape index (κ1) is 18.1. The van der Waals surface area contributed by atoms with Gasteiger partial charge >= 0.3 is 0 Å². The van der Waals surface area contributed by atoms with Crippen LogP contribution >= 0.6 is 0 Å². The van der Waals surface area contributed by atoms with E-state index in [1.54, 1.807) is 0 Å². The summed E-state index contributed by atoms with van der Waals surface area (Å²) in [4.78, 5) is 22.7. The van der Waals surface area contributed by atoms with E-state index in [4.69, 9.17) is 10.5 Å². The summed E-state index contributed by atoms with van der Waals surface area (Å²) in [5, 5.41) is 2.70. The van der Waals surface area contributed by atoms with Gasteiger partial charge in [-0.15, -0.1) is 0 Å². The third kappa shape index (κ3) is 8.72. The molecular weight excluding hydrogens is 244 g/mol. The summed E-state index contributed by atoms with van der Waals surface area (Å²) in [6.07, 6.45) is 0.958. The van der Waals surface area contributed by atoms with Crippen LogP contribution in [-0.2, 0) is 14.3 Å². The molecule has 5 nitrogen and oxygen atoms in total. The molecule has 1 unspecified atom stereocenters. The molecule has 0 aliphatic carbocycles. The number of carbonyl (C=O) groups excluding carboxylic acids is 2. The Balaban J connectivity index is 4.33. The molecule has 0 aromatic heterocycles. The van der Waals surface area contributed by atoms with Crippen molar-refractivity contribution in [2.45, 2.75) is 65.1 Å². The van der Waals surface area contributed by atoms with Crippen molar-refractivity contribution < 1.29 is 14.3 Å². The van der Waals surface area contributed by atoms with Crippen molar-refractivity contribution in [2.75, 3.05) is 6.61 Å². The zero-order valence-electron chi connectivity index (χ0n) is 12.9. The monoisotopic (exact) mass is 272 g/mol. The average molecular weight is 272 g/mol. The number of carbonyl (C=O) groups is 2. The molecule has 0 aromatic rings. The van der Waals surface area contributed by atoms with E-state index in [-0.39, 0.29) is 18.2 Å². The van der Waals surface area contributed by atoms with E-state index in [0.717, 1.165) is 6.29 Å². The summed E-state index contributed by atoms with van der Waals surface area (Å²) in [7, 11) is 0. The van der Waals surface area contributed by atoms with Crippen LogP contribution in [0, 0.1) is 5.92 Å². The highest BCUT2D eigenvalue weighted by molar-refractivity contribution is 5.80. The highest BCUT2D eigenvalue weighted by Gasteiger charge is 2.26. The molecule has 0 saturated carbocycles. The minimum Gasteiger partial charge on any atom is -0.373 e. The van der Waals surface area contributed by atoms with Crippen LogP contribution in [0.15, 0.2) is 0 Å². The van der Waals surface area contributed by atoms with E-state index in [2.05, 4.69) is 5.32 Å². The topological polar surface area (TPSA) is 81.4 Å². The Morgan fingerprint density at radius 2 is 1.84 bits per heavy atom. The van der Waals surface area contributed by atoms with Crippen molar-refractivity contribution >= 4 is 12.2 Å². The molecule has 0 saturated heterocycles. The summed E-state index contributed by atoms with van der Waals surface area (Å²) in [5.74, 6) is -0.112. The second-order valence-electron chi connectivity index (χ2n) is 6.69. The number of rotatable bonds is 8. The smallest absolute Gasteiger partial charge is 0.223 e. The van der Waals surface area contributed by atoms with Crippen molar-refractivity contribution in [1.29, 1.82) is 0 Å². The first-order valence-electron chi connectivity index (χ1n) is 6.64. The van der Waals surface area contributed by atoms with Gasteiger partial charge in [-0.05, 0) is 33.6 Å². The van der Waals surface area contributed by atoms with E-state index in [9.17, 15) is 9.59 Å². The second-order valence-corrected chi connectivity index (χ2v) is 6.69. The molecule has 0 spiro atoms. The first-order chi connectivity index (χ1) is 8.47. The average Bonchev–Trinajstić information content (AvgIpc) is 2.21. The third-order valence-corrected chi connectivity index (χ3v) is 2.61. The third-order valence-electron chi connectivity index (χ3n) is 2.61. The molecule has 1 amide bonds. The standard InChI is InChI=1S/C14H28N2O3/c1-10(2)11(8-17)16-12(18)7-14(5,6)19-9-13(3,4)15/h8,10-11H,7,9,15H2,1-6H3,(H,16,18). The second kappa shape index (κ2) is 7.01. The molecule has 0 aliphatic rings. The fourth-order valence-electron chi connectivity index (χ4n) is 1.41. The minimum atomic E-state index is -0.606. The lowest BCUT2D eigenvalue weighted by molar-refractivity contribution is -0.131. The van der Waals surface area contributed by atoms with Gasteiger partial charge in [0.05, 0.1) is 24.7 Å². The van der Waals surface area contributed by atoms with Crippen molar-refractivity contribution in [1.82, 2.24) is 5.32 Å². The fourth-order valence-corrected chi connectivity index (χ4v) is 1.41. The van der Waals surface area contributed by atoms with Gasteiger partial charge < -0.3 is 20.6 Å². The predicted molar refractivity (Wildman–Crippen MR) is 75.7 cm³/mol.